The summed E-state index contributed by atoms with van der Waals surface area (Å²) in [6.45, 7) is 3.97. The molecule has 0 saturated heterocycles. The van der Waals surface area contributed by atoms with Gasteiger partial charge in [-0.3, -0.25) is 14.6 Å². The van der Waals surface area contributed by atoms with Crippen molar-refractivity contribution in [2.75, 3.05) is 16.8 Å². The van der Waals surface area contributed by atoms with Crippen molar-refractivity contribution in [3.05, 3.63) is 89.5 Å². The maximum atomic E-state index is 13.2. The molecule has 4 rings (SSSR count). The highest BCUT2D eigenvalue weighted by Gasteiger charge is 2.26. The van der Waals surface area contributed by atoms with Gasteiger partial charge < -0.3 is 10.2 Å². The second kappa shape index (κ2) is 8.96. The van der Waals surface area contributed by atoms with E-state index in [1.807, 2.05) is 79.7 Å². The molecule has 0 unspecified atom stereocenters. The molecule has 0 radical (unpaired) electrons. The highest BCUT2D eigenvalue weighted by molar-refractivity contribution is 6.19. The van der Waals surface area contributed by atoms with Gasteiger partial charge in [0.25, 0.3) is 0 Å². The molecular formula is C26H25N3O2. The van der Waals surface area contributed by atoms with E-state index in [-0.39, 0.29) is 24.8 Å². The molecule has 1 aliphatic rings. The Kier molecular flexibility index (Phi) is 5.94. The number of aryl methyl sites for hydroxylation is 2. The number of nitrogens with one attached hydrogen (secondary N) is 1. The number of hydrogen-bond acceptors (Lipinski definition) is 3. The Labute approximate surface area is 182 Å². The quantitative estimate of drug-likeness (QED) is 0.638. The van der Waals surface area contributed by atoms with Crippen LogP contribution in [0.3, 0.4) is 0 Å². The van der Waals surface area contributed by atoms with Crippen LogP contribution in [0.5, 0.6) is 0 Å². The van der Waals surface area contributed by atoms with Crippen molar-refractivity contribution in [3.8, 4) is 0 Å². The minimum atomic E-state index is -0.227. The first kappa shape index (κ1) is 20.5. The molecule has 31 heavy (non-hydrogen) atoms. The minimum absolute atomic E-state index is 0.0646. The third-order valence-electron chi connectivity index (χ3n) is 5.46. The monoisotopic (exact) mass is 411 g/mol. The van der Waals surface area contributed by atoms with Crippen LogP contribution in [0.2, 0.25) is 0 Å². The number of carbonyl (C=O) groups is 2. The second-order valence-electron chi connectivity index (χ2n) is 7.58. The lowest BCUT2D eigenvalue weighted by Gasteiger charge is -2.22. The highest BCUT2D eigenvalue weighted by atomic mass is 16.2. The number of benzene rings is 3. The van der Waals surface area contributed by atoms with Gasteiger partial charge in [-0.05, 0) is 42.2 Å². The molecule has 3 aromatic rings. The zero-order valence-electron chi connectivity index (χ0n) is 17.8. The van der Waals surface area contributed by atoms with E-state index >= 15 is 0 Å². The molecule has 3 aromatic carbocycles. The highest BCUT2D eigenvalue weighted by Crippen LogP contribution is 2.33. The van der Waals surface area contributed by atoms with Crippen molar-refractivity contribution < 1.29 is 9.59 Å². The Balaban J connectivity index is 1.62. The molecule has 0 bridgehead atoms. The number of amides is 2. The molecule has 156 valence electrons. The third-order valence-corrected chi connectivity index (χ3v) is 5.46. The Hall–Kier alpha value is -3.73. The van der Waals surface area contributed by atoms with E-state index in [9.17, 15) is 9.59 Å². The number of anilines is 2. The van der Waals surface area contributed by atoms with Crippen molar-refractivity contribution in [2.45, 2.75) is 26.7 Å². The van der Waals surface area contributed by atoms with Crippen molar-refractivity contribution in [2.24, 2.45) is 4.99 Å². The summed E-state index contributed by atoms with van der Waals surface area (Å²) in [4.78, 5) is 32.5. The van der Waals surface area contributed by atoms with E-state index in [2.05, 4.69) is 12.2 Å². The molecule has 5 nitrogen and oxygen atoms in total. The largest absolute Gasteiger partial charge is 0.324 e. The molecule has 1 aliphatic heterocycles. The van der Waals surface area contributed by atoms with Gasteiger partial charge in [-0.1, -0.05) is 67.6 Å². The van der Waals surface area contributed by atoms with E-state index in [1.165, 1.54) is 4.90 Å². The van der Waals surface area contributed by atoms with E-state index in [0.29, 0.717) is 17.1 Å². The third kappa shape index (κ3) is 4.40. The number of fused-ring (bicyclic) bond motifs is 1. The van der Waals surface area contributed by atoms with Crippen LogP contribution in [0.4, 0.5) is 17.1 Å². The Morgan fingerprint density at radius 2 is 1.74 bits per heavy atom. The molecule has 0 saturated carbocycles. The van der Waals surface area contributed by atoms with Crippen LogP contribution >= 0.6 is 0 Å². The maximum Gasteiger partial charge on any atom is 0.244 e. The predicted molar refractivity (Wildman–Crippen MR) is 125 cm³/mol. The van der Waals surface area contributed by atoms with Crippen molar-refractivity contribution in [3.63, 3.8) is 0 Å². The van der Waals surface area contributed by atoms with E-state index < -0.39 is 0 Å². The summed E-state index contributed by atoms with van der Waals surface area (Å²) in [6, 6.07) is 23.1. The molecule has 0 aromatic heterocycles. The van der Waals surface area contributed by atoms with E-state index in [4.69, 9.17) is 4.99 Å². The van der Waals surface area contributed by atoms with Gasteiger partial charge in [0.1, 0.15) is 6.54 Å². The SMILES string of the molecule is CCc1cccc(C)c1NC(=O)CN1C(=O)CC(c2ccccc2)=Nc2ccccc21. The molecule has 2 amide bonds. The zero-order chi connectivity index (χ0) is 21.8. The summed E-state index contributed by atoms with van der Waals surface area (Å²) in [7, 11) is 0. The van der Waals surface area contributed by atoms with Gasteiger partial charge in [-0.25, -0.2) is 0 Å². The van der Waals surface area contributed by atoms with E-state index in [1.54, 1.807) is 0 Å². The number of carbonyl (C=O) groups excluding carboxylic acids is 2. The van der Waals surface area contributed by atoms with Gasteiger partial charge >= 0.3 is 0 Å². The number of rotatable bonds is 5. The number of aliphatic imine (C=N–C) groups is 1. The summed E-state index contributed by atoms with van der Waals surface area (Å²) >= 11 is 0. The van der Waals surface area contributed by atoms with Gasteiger partial charge in [0, 0.05) is 5.69 Å². The maximum absolute atomic E-state index is 13.2. The Morgan fingerprint density at radius 3 is 2.52 bits per heavy atom. The second-order valence-corrected chi connectivity index (χ2v) is 7.58. The number of hydrogen-bond donors (Lipinski definition) is 1. The molecule has 1 N–H and O–H groups in total. The molecule has 0 aliphatic carbocycles. The lowest BCUT2D eigenvalue weighted by atomic mass is 10.1. The van der Waals surface area contributed by atoms with Crippen molar-refractivity contribution in [1.29, 1.82) is 0 Å². The lowest BCUT2D eigenvalue weighted by molar-refractivity contribution is -0.120. The topological polar surface area (TPSA) is 61.8 Å². The van der Waals surface area contributed by atoms with Crippen LogP contribution in [0, 0.1) is 6.92 Å². The first-order valence-corrected chi connectivity index (χ1v) is 10.5. The van der Waals surface area contributed by atoms with Gasteiger partial charge in [0.05, 0.1) is 23.5 Å². The van der Waals surface area contributed by atoms with Gasteiger partial charge in [-0.15, -0.1) is 0 Å². The fraction of sp³-hybridized carbons (Fsp3) is 0.192. The van der Waals surface area contributed by atoms with Crippen LogP contribution in [0.25, 0.3) is 0 Å². The van der Waals surface area contributed by atoms with Gasteiger partial charge in [0.2, 0.25) is 11.8 Å². The molecular weight excluding hydrogens is 386 g/mol. The van der Waals surface area contributed by atoms with Crippen LogP contribution in [-0.4, -0.2) is 24.1 Å². The average molecular weight is 412 g/mol. The average Bonchev–Trinajstić information content (AvgIpc) is 2.92. The van der Waals surface area contributed by atoms with E-state index in [0.717, 1.165) is 28.8 Å². The Bertz CT molecular complexity index is 1150. The summed E-state index contributed by atoms with van der Waals surface area (Å²) in [5, 5.41) is 3.02. The summed E-state index contributed by atoms with van der Waals surface area (Å²) in [5.74, 6) is -0.376. The summed E-state index contributed by atoms with van der Waals surface area (Å²) in [5.41, 5.74) is 5.85. The molecule has 0 spiro atoms. The van der Waals surface area contributed by atoms with Crippen LogP contribution < -0.4 is 10.2 Å². The molecule has 0 fully saturated rings. The van der Waals surface area contributed by atoms with Crippen LogP contribution in [0.15, 0.2) is 77.8 Å². The molecule has 5 heteroatoms. The summed E-state index contributed by atoms with van der Waals surface area (Å²) in [6.07, 6.45) is 0.952. The predicted octanol–water partition coefficient (Wildman–Crippen LogP) is 5.05. The van der Waals surface area contributed by atoms with Crippen LogP contribution in [0.1, 0.15) is 30.0 Å². The standard InChI is InChI=1S/C26H25N3O2/c1-3-19-13-9-10-18(2)26(19)28-24(30)17-29-23-15-8-7-14-21(23)27-22(16-25(29)31)20-11-5-4-6-12-20/h4-15H,3,16-17H2,1-2H3,(H,28,30). The van der Waals surface area contributed by atoms with Crippen molar-refractivity contribution in [1.82, 2.24) is 0 Å². The lowest BCUT2D eigenvalue weighted by Crippen LogP contribution is -2.38. The fourth-order valence-electron chi connectivity index (χ4n) is 3.84. The number of nitrogens with zero attached hydrogens (tertiary/aromatic N) is 2. The fourth-order valence-corrected chi connectivity index (χ4v) is 3.84. The Morgan fingerprint density at radius 1 is 1.00 bits per heavy atom. The van der Waals surface area contributed by atoms with Gasteiger partial charge in [-0.2, -0.15) is 0 Å². The zero-order valence-corrected chi connectivity index (χ0v) is 17.8. The van der Waals surface area contributed by atoms with Crippen molar-refractivity contribution >= 4 is 34.6 Å². The normalized spacial score (nSPS) is 13.3. The summed E-state index contributed by atoms with van der Waals surface area (Å²) < 4.78 is 0. The van der Waals surface area contributed by atoms with Crippen LogP contribution in [-0.2, 0) is 16.0 Å². The first-order valence-electron chi connectivity index (χ1n) is 10.5. The first-order chi connectivity index (χ1) is 15.1. The molecule has 1 heterocycles. The molecule has 0 atom stereocenters. The van der Waals surface area contributed by atoms with Gasteiger partial charge in [0.15, 0.2) is 0 Å². The minimum Gasteiger partial charge on any atom is -0.324 e. The smallest absolute Gasteiger partial charge is 0.244 e. The number of para-hydroxylation sites is 3.